The maximum absolute atomic E-state index is 12.1. The van der Waals surface area contributed by atoms with Crippen molar-refractivity contribution in [2.75, 3.05) is 33.5 Å². The summed E-state index contributed by atoms with van der Waals surface area (Å²) >= 11 is 0. The van der Waals surface area contributed by atoms with E-state index in [0.717, 1.165) is 12.2 Å². The monoisotopic (exact) mass is 267 g/mol. The van der Waals surface area contributed by atoms with Crippen LogP contribution in [0.3, 0.4) is 0 Å². The zero-order valence-electron chi connectivity index (χ0n) is 11.5. The lowest BCUT2D eigenvalue weighted by atomic mass is 10.1. The summed E-state index contributed by atoms with van der Waals surface area (Å²) < 4.78 is 12.5. The van der Waals surface area contributed by atoms with E-state index in [1.165, 1.54) is 0 Å². The third kappa shape index (κ3) is 3.54. The highest BCUT2D eigenvalue weighted by Crippen LogP contribution is 2.16. The molecule has 0 aromatic carbocycles. The van der Waals surface area contributed by atoms with Crippen molar-refractivity contribution in [3.05, 3.63) is 18.2 Å². The second kappa shape index (κ2) is 6.68. The molecule has 6 nitrogen and oxygen atoms in total. The van der Waals surface area contributed by atoms with E-state index < -0.39 is 0 Å². The predicted octanol–water partition coefficient (Wildman–Crippen LogP) is 0.524. The molecule has 1 amide bonds. The predicted molar refractivity (Wildman–Crippen MR) is 69.5 cm³/mol. The van der Waals surface area contributed by atoms with Crippen LogP contribution in [0.1, 0.15) is 12.6 Å². The Labute approximate surface area is 113 Å². The Hall–Kier alpha value is -1.40. The molecule has 0 bridgehead atoms. The van der Waals surface area contributed by atoms with Gasteiger partial charge in [-0.1, -0.05) is 0 Å². The van der Waals surface area contributed by atoms with Gasteiger partial charge in [-0.15, -0.1) is 0 Å². The van der Waals surface area contributed by atoms with Crippen LogP contribution in [0.5, 0.6) is 0 Å². The third-order valence-electron chi connectivity index (χ3n) is 3.27. The zero-order chi connectivity index (χ0) is 13.7. The molecule has 1 aromatic rings. The van der Waals surface area contributed by atoms with Gasteiger partial charge >= 0.3 is 0 Å². The third-order valence-corrected chi connectivity index (χ3v) is 3.27. The number of fused-ring (bicyclic) bond motifs is 1. The van der Waals surface area contributed by atoms with Crippen LogP contribution in [0.2, 0.25) is 0 Å². The Morgan fingerprint density at radius 3 is 3.11 bits per heavy atom. The Morgan fingerprint density at radius 1 is 1.53 bits per heavy atom. The van der Waals surface area contributed by atoms with Crippen molar-refractivity contribution >= 4 is 5.91 Å². The maximum Gasteiger partial charge on any atom is 0.248 e. The van der Waals surface area contributed by atoms with Crippen molar-refractivity contribution in [1.82, 2.24) is 14.5 Å². The maximum atomic E-state index is 12.1. The second-order valence-corrected chi connectivity index (χ2v) is 4.77. The lowest BCUT2D eigenvalue weighted by Crippen LogP contribution is -2.37. The Kier molecular flexibility index (Phi) is 4.93. The van der Waals surface area contributed by atoms with Crippen molar-refractivity contribution in [3.63, 3.8) is 0 Å². The number of aromatic nitrogens is 2. The summed E-state index contributed by atoms with van der Waals surface area (Å²) in [5.41, 5.74) is 1.06. The van der Waals surface area contributed by atoms with Gasteiger partial charge in [0, 0.05) is 38.9 Å². The average molecular weight is 267 g/mol. The summed E-state index contributed by atoms with van der Waals surface area (Å²) in [4.78, 5) is 18.1. The summed E-state index contributed by atoms with van der Waals surface area (Å²) in [5.74, 6) is 0.309. The lowest BCUT2D eigenvalue weighted by molar-refractivity contribution is -0.137. The molecule has 0 aliphatic carbocycles. The molecule has 0 saturated heterocycles. The van der Waals surface area contributed by atoms with Crippen LogP contribution in [0, 0.1) is 5.92 Å². The minimum absolute atomic E-state index is 0.0256. The summed E-state index contributed by atoms with van der Waals surface area (Å²) in [5, 5.41) is 0. The Balaban J connectivity index is 2.08. The van der Waals surface area contributed by atoms with E-state index in [9.17, 15) is 4.79 Å². The highest BCUT2D eigenvalue weighted by Gasteiger charge is 2.25. The quantitative estimate of drug-likeness (QED) is 0.780. The van der Waals surface area contributed by atoms with Crippen molar-refractivity contribution < 1.29 is 14.3 Å². The summed E-state index contributed by atoms with van der Waals surface area (Å²) in [6, 6.07) is 0. The smallest absolute Gasteiger partial charge is 0.248 e. The second-order valence-electron chi connectivity index (χ2n) is 4.77. The fourth-order valence-electron chi connectivity index (χ4n) is 2.36. The first-order valence-electron chi connectivity index (χ1n) is 6.58. The number of imidazole rings is 1. The summed E-state index contributed by atoms with van der Waals surface area (Å²) in [7, 11) is 1.69. The molecule has 0 radical (unpaired) electrons. The van der Waals surface area contributed by atoms with Crippen molar-refractivity contribution in [2.24, 2.45) is 5.92 Å². The molecule has 6 heteroatoms. The van der Waals surface area contributed by atoms with Gasteiger partial charge in [-0.2, -0.15) is 0 Å². The molecule has 106 valence electrons. The Morgan fingerprint density at radius 2 is 2.37 bits per heavy atom. The fourth-order valence-corrected chi connectivity index (χ4v) is 2.36. The van der Waals surface area contributed by atoms with Crippen molar-refractivity contribution in [2.45, 2.75) is 20.0 Å². The molecule has 0 N–H and O–H groups in total. The first-order chi connectivity index (χ1) is 9.24. The van der Waals surface area contributed by atoms with Crippen LogP contribution >= 0.6 is 0 Å². The van der Waals surface area contributed by atoms with Gasteiger partial charge in [0.1, 0.15) is 6.61 Å². The largest absolute Gasteiger partial charge is 0.384 e. The number of nitrogens with zero attached hydrogens (tertiary/aromatic N) is 3. The van der Waals surface area contributed by atoms with Gasteiger partial charge in [-0.05, 0) is 6.92 Å². The zero-order valence-corrected chi connectivity index (χ0v) is 11.5. The number of carbonyl (C=O) groups excluding carboxylic acids is 1. The van der Waals surface area contributed by atoms with Gasteiger partial charge in [0.25, 0.3) is 0 Å². The highest BCUT2D eigenvalue weighted by molar-refractivity contribution is 5.77. The minimum Gasteiger partial charge on any atom is -0.384 e. The van der Waals surface area contributed by atoms with Gasteiger partial charge < -0.3 is 18.9 Å². The number of hydrogen-bond acceptors (Lipinski definition) is 4. The molecule has 1 atom stereocenters. The van der Waals surface area contributed by atoms with E-state index in [4.69, 9.17) is 9.47 Å². The molecule has 1 unspecified atom stereocenters. The molecular weight excluding hydrogens is 246 g/mol. The van der Waals surface area contributed by atoms with E-state index in [-0.39, 0.29) is 18.4 Å². The molecule has 0 spiro atoms. The number of rotatable bonds is 5. The molecule has 2 heterocycles. The molecule has 19 heavy (non-hydrogen) atoms. The molecule has 0 fully saturated rings. The normalized spacial score (nSPS) is 19.1. The SMILES string of the molecule is CCOCC(=O)N1Cc2cncn2CC(COC)C1. The molecule has 1 aliphatic heterocycles. The molecule has 2 rings (SSSR count). The number of amides is 1. The average Bonchev–Trinajstić information content (AvgIpc) is 2.75. The van der Waals surface area contributed by atoms with Crippen LogP contribution in [-0.4, -0.2) is 53.8 Å². The van der Waals surface area contributed by atoms with E-state index in [2.05, 4.69) is 9.55 Å². The highest BCUT2D eigenvalue weighted by atomic mass is 16.5. The van der Waals surface area contributed by atoms with E-state index in [1.807, 2.05) is 24.3 Å². The van der Waals surface area contributed by atoms with E-state index >= 15 is 0 Å². The summed E-state index contributed by atoms with van der Waals surface area (Å²) in [6.45, 7) is 5.34. The number of methoxy groups -OCH3 is 1. The van der Waals surface area contributed by atoms with Crippen LogP contribution < -0.4 is 0 Å². The minimum atomic E-state index is 0.0256. The topological polar surface area (TPSA) is 56.6 Å². The first kappa shape index (κ1) is 14.0. The molecular formula is C13H21N3O3. The van der Waals surface area contributed by atoms with Crippen molar-refractivity contribution in [1.29, 1.82) is 0 Å². The van der Waals surface area contributed by atoms with E-state index in [0.29, 0.717) is 26.3 Å². The number of hydrogen-bond donors (Lipinski definition) is 0. The first-order valence-corrected chi connectivity index (χ1v) is 6.58. The number of carbonyl (C=O) groups is 1. The van der Waals surface area contributed by atoms with Crippen LogP contribution in [-0.2, 0) is 27.4 Å². The number of ether oxygens (including phenoxy) is 2. The van der Waals surface area contributed by atoms with Gasteiger partial charge in [0.15, 0.2) is 0 Å². The standard InChI is InChI=1S/C13H21N3O3/c1-3-19-9-13(17)15-5-11(8-18-2)6-16-10-14-4-12(16)7-15/h4,10-11H,3,5-9H2,1-2H3. The van der Waals surface area contributed by atoms with Gasteiger partial charge in [0.2, 0.25) is 5.91 Å². The Bertz CT molecular complexity index is 419. The van der Waals surface area contributed by atoms with Crippen LogP contribution in [0.15, 0.2) is 12.5 Å². The van der Waals surface area contributed by atoms with Crippen molar-refractivity contribution in [3.8, 4) is 0 Å². The summed E-state index contributed by atoms with van der Waals surface area (Å²) in [6.07, 6.45) is 3.63. The molecule has 1 aromatic heterocycles. The van der Waals surface area contributed by atoms with Crippen LogP contribution in [0.25, 0.3) is 0 Å². The van der Waals surface area contributed by atoms with Gasteiger partial charge in [-0.3, -0.25) is 4.79 Å². The van der Waals surface area contributed by atoms with E-state index in [1.54, 1.807) is 7.11 Å². The molecule has 1 aliphatic rings. The van der Waals surface area contributed by atoms with Gasteiger partial charge in [-0.25, -0.2) is 4.98 Å². The van der Waals surface area contributed by atoms with Gasteiger partial charge in [0.05, 0.1) is 25.2 Å². The molecule has 0 saturated carbocycles. The van der Waals surface area contributed by atoms with Crippen LogP contribution in [0.4, 0.5) is 0 Å². The lowest BCUT2D eigenvalue weighted by Gasteiger charge is -2.23. The fraction of sp³-hybridized carbons (Fsp3) is 0.692.